The Morgan fingerprint density at radius 1 is 1.65 bits per heavy atom. The number of ether oxygens (including phenoxy) is 1. The summed E-state index contributed by atoms with van der Waals surface area (Å²) in [6.07, 6.45) is -2.92. The van der Waals surface area contributed by atoms with Crippen LogP contribution in [0.15, 0.2) is 6.07 Å². The number of aromatic nitrogens is 1. The van der Waals surface area contributed by atoms with Crippen LogP contribution < -0.4 is 0 Å². The number of carbonyl (C=O) groups is 1. The predicted molar refractivity (Wildman–Crippen MR) is 59.9 cm³/mol. The number of carbonyl (C=O) groups excluding carboxylic acids is 1. The first-order chi connectivity index (χ1) is 7.88. The molecule has 0 fully saturated rings. The van der Waals surface area contributed by atoms with Crippen LogP contribution >= 0.6 is 22.6 Å². The molecule has 0 saturated heterocycles. The summed E-state index contributed by atoms with van der Waals surface area (Å²) in [6.45, 7) is 0. The molecule has 17 heavy (non-hydrogen) atoms. The third-order valence-corrected chi connectivity index (χ3v) is 2.63. The van der Waals surface area contributed by atoms with Crippen molar-refractivity contribution >= 4 is 34.2 Å². The molecular weight excluding hydrogens is 353 g/mol. The van der Waals surface area contributed by atoms with Gasteiger partial charge in [0.05, 0.1) is 12.0 Å². The van der Waals surface area contributed by atoms with Crippen LogP contribution in [0.25, 0.3) is 0 Å². The quantitative estimate of drug-likeness (QED) is 0.359. The van der Waals surface area contributed by atoms with Gasteiger partial charge in [-0.05, 0) is 22.6 Å². The molecule has 6 nitrogen and oxygen atoms in total. The van der Waals surface area contributed by atoms with E-state index >= 15 is 0 Å². The van der Waals surface area contributed by atoms with Crippen molar-refractivity contribution in [2.75, 3.05) is 7.11 Å². The van der Waals surface area contributed by atoms with Crippen LogP contribution in [0.2, 0.25) is 0 Å². The highest BCUT2D eigenvalue weighted by atomic mass is 127. The number of nitro groups is 1. The summed E-state index contributed by atoms with van der Waals surface area (Å²) >= 11 is 1.49. The molecule has 0 amide bonds. The van der Waals surface area contributed by atoms with E-state index in [0.717, 1.165) is 13.2 Å². The molecule has 0 unspecified atom stereocenters. The van der Waals surface area contributed by atoms with Gasteiger partial charge in [0.25, 0.3) is 6.43 Å². The zero-order chi connectivity index (χ0) is 13.2. The first-order valence-corrected chi connectivity index (χ1v) is 5.17. The second-order valence-corrected chi connectivity index (χ2v) is 3.93. The van der Waals surface area contributed by atoms with Gasteiger partial charge in [0.15, 0.2) is 0 Å². The van der Waals surface area contributed by atoms with E-state index in [0.29, 0.717) is 0 Å². The third-order valence-electron chi connectivity index (χ3n) is 1.77. The molecule has 92 valence electrons. The highest BCUT2D eigenvalue weighted by Crippen LogP contribution is 2.28. The molecule has 0 aliphatic carbocycles. The fraction of sp³-hybridized carbons (Fsp3) is 0.250. The van der Waals surface area contributed by atoms with Gasteiger partial charge in [-0.1, -0.05) is 0 Å². The lowest BCUT2D eigenvalue weighted by Crippen LogP contribution is -2.11. The van der Waals surface area contributed by atoms with Crippen LogP contribution in [-0.2, 0) is 4.74 Å². The minimum Gasteiger partial charge on any atom is -0.464 e. The van der Waals surface area contributed by atoms with Gasteiger partial charge in [0.1, 0.15) is 5.69 Å². The minimum absolute atomic E-state index is 0.0862. The molecule has 1 aromatic rings. The summed E-state index contributed by atoms with van der Waals surface area (Å²) < 4.78 is 29.2. The first kappa shape index (κ1) is 13.7. The van der Waals surface area contributed by atoms with Crippen LogP contribution in [0, 0.1) is 13.7 Å². The van der Waals surface area contributed by atoms with E-state index in [4.69, 9.17) is 0 Å². The number of halogens is 3. The van der Waals surface area contributed by atoms with Crippen molar-refractivity contribution in [2.24, 2.45) is 0 Å². The van der Waals surface area contributed by atoms with Gasteiger partial charge in [-0.15, -0.1) is 0 Å². The Balaban J connectivity index is 3.47. The van der Waals surface area contributed by atoms with E-state index in [1.165, 1.54) is 22.6 Å². The van der Waals surface area contributed by atoms with Crippen LogP contribution in [0.3, 0.4) is 0 Å². The first-order valence-electron chi connectivity index (χ1n) is 4.09. The highest BCUT2D eigenvalue weighted by Gasteiger charge is 2.27. The lowest BCUT2D eigenvalue weighted by molar-refractivity contribution is -0.385. The molecule has 1 aromatic heterocycles. The molecule has 9 heteroatoms. The lowest BCUT2D eigenvalue weighted by Gasteiger charge is -2.05. The Kier molecular flexibility index (Phi) is 4.26. The average Bonchev–Trinajstić information content (AvgIpc) is 2.26. The Hall–Kier alpha value is -1.39. The van der Waals surface area contributed by atoms with Gasteiger partial charge in [-0.3, -0.25) is 10.1 Å². The molecule has 1 heterocycles. The van der Waals surface area contributed by atoms with Gasteiger partial charge in [-0.2, -0.15) is 0 Å². The zero-order valence-electron chi connectivity index (χ0n) is 8.32. The maximum atomic E-state index is 12.5. The smallest absolute Gasteiger partial charge is 0.363 e. The fourth-order valence-corrected chi connectivity index (χ4v) is 1.68. The molecular formula is C8H5F2IN2O4. The molecule has 0 saturated carbocycles. The summed E-state index contributed by atoms with van der Waals surface area (Å²) in [4.78, 5) is 24.2. The summed E-state index contributed by atoms with van der Waals surface area (Å²) in [7, 11) is 0.980. The van der Waals surface area contributed by atoms with Crippen molar-refractivity contribution in [3.8, 4) is 0 Å². The van der Waals surface area contributed by atoms with E-state index in [1.807, 2.05) is 0 Å². The highest BCUT2D eigenvalue weighted by molar-refractivity contribution is 14.1. The topological polar surface area (TPSA) is 82.3 Å². The fourth-order valence-electron chi connectivity index (χ4n) is 1.03. The van der Waals surface area contributed by atoms with Gasteiger partial charge < -0.3 is 4.74 Å². The van der Waals surface area contributed by atoms with E-state index in [9.17, 15) is 23.7 Å². The van der Waals surface area contributed by atoms with Crippen molar-refractivity contribution in [2.45, 2.75) is 6.43 Å². The maximum Gasteiger partial charge on any atom is 0.363 e. The number of esters is 1. The number of alkyl halides is 2. The Morgan fingerprint density at radius 2 is 2.24 bits per heavy atom. The van der Waals surface area contributed by atoms with Crippen LogP contribution in [0.5, 0.6) is 0 Å². The molecule has 0 bridgehead atoms. The predicted octanol–water partition coefficient (Wildman–Crippen LogP) is 2.32. The monoisotopic (exact) mass is 358 g/mol. The van der Waals surface area contributed by atoms with Crippen molar-refractivity contribution in [1.29, 1.82) is 0 Å². The SMILES string of the molecule is COC(=O)c1nc(C(F)F)c(I)cc1[N+](=O)[O-]. The molecule has 0 N–H and O–H groups in total. The molecule has 0 aliphatic heterocycles. The number of nitrogens with zero attached hydrogens (tertiary/aromatic N) is 2. The molecule has 0 atom stereocenters. The van der Waals surface area contributed by atoms with Crippen molar-refractivity contribution in [3.05, 3.63) is 31.1 Å². The largest absolute Gasteiger partial charge is 0.464 e. The Bertz CT molecular complexity index is 481. The summed E-state index contributed by atoms with van der Waals surface area (Å²) in [5.74, 6) is -1.13. The van der Waals surface area contributed by atoms with E-state index in [2.05, 4.69) is 9.72 Å². The molecule has 0 radical (unpaired) electrons. The minimum atomic E-state index is -2.92. The average molecular weight is 358 g/mol. The van der Waals surface area contributed by atoms with Crippen molar-refractivity contribution in [1.82, 2.24) is 4.98 Å². The maximum absolute atomic E-state index is 12.5. The van der Waals surface area contributed by atoms with E-state index < -0.39 is 34.4 Å². The van der Waals surface area contributed by atoms with Gasteiger partial charge in [0, 0.05) is 9.64 Å². The number of pyridine rings is 1. The van der Waals surface area contributed by atoms with Crippen molar-refractivity contribution in [3.63, 3.8) is 0 Å². The number of hydrogen-bond acceptors (Lipinski definition) is 5. The second-order valence-electron chi connectivity index (χ2n) is 2.77. The van der Waals surface area contributed by atoms with E-state index in [1.54, 1.807) is 0 Å². The van der Waals surface area contributed by atoms with Crippen LogP contribution in [0.4, 0.5) is 14.5 Å². The zero-order valence-corrected chi connectivity index (χ0v) is 10.5. The summed E-state index contributed by atoms with van der Waals surface area (Å²) in [6, 6.07) is 0.862. The molecule has 1 rings (SSSR count). The summed E-state index contributed by atoms with van der Waals surface area (Å²) in [5, 5.41) is 10.6. The molecule has 0 aliphatic rings. The second kappa shape index (κ2) is 5.29. The third kappa shape index (κ3) is 2.84. The van der Waals surface area contributed by atoms with Crippen molar-refractivity contribution < 1.29 is 23.2 Å². The Labute approximate surface area is 107 Å². The van der Waals surface area contributed by atoms with Gasteiger partial charge in [-0.25, -0.2) is 18.6 Å². The lowest BCUT2D eigenvalue weighted by atomic mass is 10.2. The number of methoxy groups -OCH3 is 1. The normalized spacial score (nSPS) is 10.4. The van der Waals surface area contributed by atoms with Crippen LogP contribution in [-0.4, -0.2) is 23.0 Å². The van der Waals surface area contributed by atoms with Gasteiger partial charge in [0.2, 0.25) is 5.69 Å². The molecule has 0 spiro atoms. The van der Waals surface area contributed by atoms with Crippen LogP contribution in [0.1, 0.15) is 22.6 Å². The Morgan fingerprint density at radius 3 is 2.65 bits per heavy atom. The summed E-state index contributed by atoms with van der Waals surface area (Å²) in [5.41, 5.74) is -2.07. The number of hydrogen-bond donors (Lipinski definition) is 0. The number of rotatable bonds is 3. The standard InChI is InChI=1S/C8H5F2IN2O4/c1-17-8(14)6-4(13(15)16)2-3(11)5(12-6)7(9)10/h2,7H,1H3. The van der Waals surface area contributed by atoms with Gasteiger partial charge >= 0.3 is 11.7 Å². The van der Waals surface area contributed by atoms with E-state index in [-0.39, 0.29) is 3.57 Å². The molecule has 0 aromatic carbocycles.